The van der Waals surface area contributed by atoms with E-state index in [0.717, 1.165) is 55.9 Å². The van der Waals surface area contributed by atoms with Gasteiger partial charge < -0.3 is 20.0 Å². The first-order chi connectivity index (χ1) is 13.2. The molecule has 1 aromatic carbocycles. The average Bonchev–Trinajstić information content (AvgIpc) is 3.23. The summed E-state index contributed by atoms with van der Waals surface area (Å²) in [6, 6.07) is 10.7. The molecule has 27 heavy (non-hydrogen) atoms. The number of nitrogens with one attached hydrogen (secondary N) is 1. The van der Waals surface area contributed by atoms with Crippen LogP contribution in [0.3, 0.4) is 0 Å². The summed E-state index contributed by atoms with van der Waals surface area (Å²) in [4.78, 5) is 16.7. The van der Waals surface area contributed by atoms with Crippen molar-refractivity contribution in [1.29, 1.82) is 0 Å². The Morgan fingerprint density at radius 3 is 2.26 bits per heavy atom. The van der Waals surface area contributed by atoms with Crippen LogP contribution in [0.1, 0.15) is 25.5 Å². The molecule has 6 nitrogen and oxygen atoms in total. The Balaban J connectivity index is 1.45. The van der Waals surface area contributed by atoms with Crippen LogP contribution in [0.15, 0.2) is 30.3 Å². The third-order valence-electron chi connectivity index (χ3n) is 5.56. The van der Waals surface area contributed by atoms with Gasteiger partial charge in [-0.15, -0.1) is 0 Å². The largest absolute Gasteiger partial charge is 0.372 e. The molecule has 4 rings (SSSR count). The molecular weight excluding hydrogens is 336 g/mol. The molecule has 0 unspecified atom stereocenters. The molecule has 2 saturated heterocycles. The van der Waals surface area contributed by atoms with Crippen molar-refractivity contribution >= 4 is 23.1 Å². The van der Waals surface area contributed by atoms with Gasteiger partial charge in [-0.3, -0.25) is 0 Å². The van der Waals surface area contributed by atoms with Crippen molar-refractivity contribution < 1.29 is 0 Å². The van der Waals surface area contributed by atoms with Gasteiger partial charge >= 0.3 is 0 Å². The lowest BCUT2D eigenvalue weighted by molar-refractivity contribution is 0.270. The molecule has 0 atom stereocenters. The molecule has 1 aromatic heterocycles. The fraction of sp³-hybridized carbons (Fsp3) is 0.524. The lowest BCUT2D eigenvalue weighted by Gasteiger charge is -2.34. The summed E-state index contributed by atoms with van der Waals surface area (Å²) in [7, 11) is 0. The normalized spacial score (nSPS) is 18.1. The van der Waals surface area contributed by atoms with E-state index in [9.17, 15) is 0 Å². The van der Waals surface area contributed by atoms with E-state index in [-0.39, 0.29) is 0 Å². The van der Waals surface area contributed by atoms with E-state index in [4.69, 9.17) is 4.98 Å². The first-order valence-electron chi connectivity index (χ1n) is 10.2. The first-order valence-corrected chi connectivity index (χ1v) is 10.2. The summed E-state index contributed by atoms with van der Waals surface area (Å²) in [6.45, 7) is 11.8. The quantitative estimate of drug-likeness (QED) is 0.876. The summed E-state index contributed by atoms with van der Waals surface area (Å²) in [5.41, 5.74) is 3.37. The summed E-state index contributed by atoms with van der Waals surface area (Å²) in [6.07, 6.45) is 2.60. The van der Waals surface area contributed by atoms with Crippen molar-refractivity contribution in [2.24, 2.45) is 0 Å². The van der Waals surface area contributed by atoms with Gasteiger partial charge in [-0.1, -0.05) is 6.92 Å². The highest BCUT2D eigenvalue weighted by Gasteiger charge is 2.18. The van der Waals surface area contributed by atoms with Crippen LogP contribution in [0.4, 0.5) is 23.1 Å². The standard InChI is InChI=1S/C21H30N6/c1-3-25-12-14-27(15-13-25)21-22-17(2)16-20(24-21)23-18-6-8-19(9-7-18)26-10-4-5-11-26/h6-9,16H,3-5,10-15H2,1-2H3,(H,22,23,24). The van der Waals surface area contributed by atoms with Gasteiger partial charge in [0.15, 0.2) is 0 Å². The van der Waals surface area contributed by atoms with E-state index in [0.29, 0.717) is 0 Å². The Kier molecular flexibility index (Phi) is 5.43. The van der Waals surface area contributed by atoms with Crippen molar-refractivity contribution in [3.05, 3.63) is 36.0 Å². The van der Waals surface area contributed by atoms with Gasteiger partial charge in [-0.05, 0) is 50.6 Å². The SMILES string of the molecule is CCN1CCN(c2nc(C)cc(Nc3ccc(N4CCCC4)cc3)n2)CC1. The summed E-state index contributed by atoms with van der Waals surface area (Å²) in [5.74, 6) is 1.70. The maximum Gasteiger partial charge on any atom is 0.227 e. The van der Waals surface area contributed by atoms with Crippen LogP contribution in [0.25, 0.3) is 0 Å². The summed E-state index contributed by atoms with van der Waals surface area (Å²) >= 11 is 0. The van der Waals surface area contributed by atoms with E-state index < -0.39 is 0 Å². The average molecular weight is 367 g/mol. The van der Waals surface area contributed by atoms with Crippen LogP contribution < -0.4 is 15.1 Å². The van der Waals surface area contributed by atoms with Crippen molar-refractivity contribution in [3.8, 4) is 0 Å². The second kappa shape index (κ2) is 8.13. The zero-order valence-corrected chi connectivity index (χ0v) is 16.5. The van der Waals surface area contributed by atoms with Gasteiger partial charge in [-0.2, -0.15) is 4.98 Å². The Labute approximate surface area is 162 Å². The topological polar surface area (TPSA) is 47.5 Å². The monoisotopic (exact) mass is 366 g/mol. The molecule has 0 amide bonds. The number of aryl methyl sites for hydroxylation is 1. The number of rotatable bonds is 5. The van der Waals surface area contributed by atoms with Gasteiger partial charge in [-0.25, -0.2) is 4.98 Å². The minimum Gasteiger partial charge on any atom is -0.372 e. The molecule has 2 aliphatic heterocycles. The minimum atomic E-state index is 0.835. The fourth-order valence-corrected chi connectivity index (χ4v) is 3.90. The highest BCUT2D eigenvalue weighted by Crippen LogP contribution is 2.24. The number of anilines is 4. The van der Waals surface area contributed by atoms with Crippen LogP contribution in [0.5, 0.6) is 0 Å². The Morgan fingerprint density at radius 1 is 0.889 bits per heavy atom. The van der Waals surface area contributed by atoms with Gasteiger partial charge in [0.1, 0.15) is 5.82 Å². The van der Waals surface area contributed by atoms with Crippen molar-refractivity contribution in [1.82, 2.24) is 14.9 Å². The third-order valence-corrected chi connectivity index (χ3v) is 5.56. The Bertz CT molecular complexity index is 746. The second-order valence-corrected chi connectivity index (χ2v) is 7.48. The van der Waals surface area contributed by atoms with Crippen LogP contribution >= 0.6 is 0 Å². The highest BCUT2D eigenvalue weighted by atomic mass is 15.3. The number of hydrogen-bond acceptors (Lipinski definition) is 6. The van der Waals surface area contributed by atoms with E-state index >= 15 is 0 Å². The van der Waals surface area contributed by atoms with Crippen LogP contribution in [0.2, 0.25) is 0 Å². The van der Waals surface area contributed by atoms with Gasteiger partial charge in [0.25, 0.3) is 0 Å². The fourth-order valence-electron chi connectivity index (χ4n) is 3.90. The molecule has 6 heteroatoms. The number of aromatic nitrogens is 2. The van der Waals surface area contributed by atoms with Crippen LogP contribution in [-0.2, 0) is 0 Å². The smallest absolute Gasteiger partial charge is 0.227 e. The predicted molar refractivity (Wildman–Crippen MR) is 112 cm³/mol. The summed E-state index contributed by atoms with van der Waals surface area (Å²) < 4.78 is 0. The molecule has 0 saturated carbocycles. The molecular formula is C21H30N6. The number of piperazine rings is 1. The first kappa shape index (κ1) is 18.0. The van der Waals surface area contributed by atoms with Crippen molar-refractivity contribution in [3.63, 3.8) is 0 Å². The van der Waals surface area contributed by atoms with Gasteiger partial charge in [0.2, 0.25) is 5.95 Å². The molecule has 144 valence electrons. The van der Waals surface area contributed by atoms with E-state index in [1.165, 1.54) is 31.6 Å². The molecule has 2 aliphatic rings. The zero-order valence-electron chi connectivity index (χ0n) is 16.5. The molecule has 2 aromatic rings. The number of benzene rings is 1. The Morgan fingerprint density at radius 2 is 1.59 bits per heavy atom. The molecule has 0 radical (unpaired) electrons. The zero-order chi connectivity index (χ0) is 18.6. The lowest BCUT2D eigenvalue weighted by atomic mass is 10.2. The van der Waals surface area contributed by atoms with Gasteiger partial charge in [0, 0.05) is 62.4 Å². The maximum atomic E-state index is 4.78. The molecule has 0 bridgehead atoms. The minimum absolute atomic E-state index is 0.835. The molecule has 0 spiro atoms. The van der Waals surface area contributed by atoms with Crippen LogP contribution in [0, 0.1) is 6.92 Å². The summed E-state index contributed by atoms with van der Waals surface area (Å²) in [5, 5.41) is 3.46. The Hall–Kier alpha value is -2.34. The third kappa shape index (κ3) is 4.33. The molecule has 2 fully saturated rings. The second-order valence-electron chi connectivity index (χ2n) is 7.48. The molecule has 1 N–H and O–H groups in total. The van der Waals surface area contributed by atoms with Crippen molar-refractivity contribution in [2.45, 2.75) is 26.7 Å². The molecule has 3 heterocycles. The molecule has 0 aliphatic carbocycles. The highest BCUT2D eigenvalue weighted by molar-refractivity contribution is 5.62. The van der Waals surface area contributed by atoms with Crippen LogP contribution in [-0.4, -0.2) is 60.7 Å². The number of hydrogen-bond donors (Lipinski definition) is 1. The van der Waals surface area contributed by atoms with E-state index in [1.54, 1.807) is 0 Å². The lowest BCUT2D eigenvalue weighted by Crippen LogP contribution is -2.46. The van der Waals surface area contributed by atoms with E-state index in [1.807, 2.05) is 13.0 Å². The van der Waals surface area contributed by atoms with Gasteiger partial charge in [0.05, 0.1) is 0 Å². The maximum absolute atomic E-state index is 4.78. The van der Waals surface area contributed by atoms with E-state index in [2.05, 4.69) is 56.2 Å². The number of likely N-dealkylation sites (N-methyl/N-ethyl adjacent to an activating group) is 1. The number of nitrogens with zero attached hydrogens (tertiary/aromatic N) is 5. The predicted octanol–water partition coefficient (Wildman–Crippen LogP) is 3.27. The van der Waals surface area contributed by atoms with Crippen molar-refractivity contribution in [2.75, 3.05) is 60.9 Å².